The number of nitrogen functional groups attached to an aromatic ring is 1. The average molecular weight is 267 g/mol. The van der Waals surface area contributed by atoms with Crippen molar-refractivity contribution in [3.63, 3.8) is 0 Å². The standard InChI is InChI=1S/C11H13N3O3S/c1-6(2)5-13-7-3-4-18-10(7)8(12)9(11(13)15)14(16)17/h3-4,6H,5,12H2,1-2H3. The zero-order valence-electron chi connectivity index (χ0n) is 10.0. The van der Waals surface area contributed by atoms with Gasteiger partial charge in [0, 0.05) is 6.54 Å². The smallest absolute Gasteiger partial charge is 0.358 e. The van der Waals surface area contributed by atoms with Crippen molar-refractivity contribution in [3.8, 4) is 0 Å². The van der Waals surface area contributed by atoms with Crippen molar-refractivity contribution in [2.45, 2.75) is 20.4 Å². The summed E-state index contributed by atoms with van der Waals surface area (Å²) in [5, 5.41) is 12.7. The van der Waals surface area contributed by atoms with Crippen LogP contribution in [0.5, 0.6) is 0 Å². The minimum Gasteiger partial charge on any atom is -0.392 e. The molecule has 2 rings (SSSR count). The maximum absolute atomic E-state index is 12.1. The lowest BCUT2D eigenvalue weighted by Crippen LogP contribution is -2.25. The molecular weight excluding hydrogens is 254 g/mol. The van der Waals surface area contributed by atoms with Gasteiger partial charge in [-0.2, -0.15) is 0 Å². The summed E-state index contributed by atoms with van der Waals surface area (Å²) in [6, 6.07) is 1.77. The van der Waals surface area contributed by atoms with Gasteiger partial charge in [0.25, 0.3) is 0 Å². The number of nitrogens with zero attached hydrogens (tertiary/aromatic N) is 2. The second kappa shape index (κ2) is 4.41. The topological polar surface area (TPSA) is 91.2 Å². The first-order valence-electron chi connectivity index (χ1n) is 5.47. The predicted molar refractivity (Wildman–Crippen MR) is 72.0 cm³/mol. The molecule has 96 valence electrons. The van der Waals surface area contributed by atoms with Crippen LogP contribution in [0, 0.1) is 16.0 Å². The van der Waals surface area contributed by atoms with Crippen LogP contribution < -0.4 is 11.3 Å². The molecule has 0 saturated heterocycles. The summed E-state index contributed by atoms with van der Waals surface area (Å²) in [5.74, 6) is 0.217. The first kappa shape index (κ1) is 12.6. The minimum absolute atomic E-state index is 0.0324. The molecule has 0 amide bonds. The molecule has 0 saturated carbocycles. The van der Waals surface area contributed by atoms with Crippen molar-refractivity contribution < 1.29 is 4.92 Å². The second-order valence-corrected chi connectivity index (χ2v) is 5.38. The normalized spacial score (nSPS) is 11.3. The Hall–Kier alpha value is -1.89. The van der Waals surface area contributed by atoms with Crippen molar-refractivity contribution in [1.82, 2.24) is 4.57 Å². The van der Waals surface area contributed by atoms with Crippen molar-refractivity contribution in [1.29, 1.82) is 0 Å². The zero-order chi connectivity index (χ0) is 13.4. The fraction of sp³-hybridized carbons (Fsp3) is 0.364. The van der Waals surface area contributed by atoms with E-state index in [1.165, 1.54) is 15.9 Å². The largest absolute Gasteiger partial charge is 0.392 e. The van der Waals surface area contributed by atoms with E-state index in [4.69, 9.17) is 5.73 Å². The third-order valence-corrected chi connectivity index (χ3v) is 3.55. The number of nitrogens with two attached hydrogens (primary N) is 1. The van der Waals surface area contributed by atoms with E-state index in [-0.39, 0.29) is 11.6 Å². The fourth-order valence-corrected chi connectivity index (χ4v) is 2.76. The van der Waals surface area contributed by atoms with Gasteiger partial charge in [-0.25, -0.2) is 0 Å². The Morgan fingerprint density at radius 3 is 2.78 bits per heavy atom. The Balaban J connectivity index is 2.87. The van der Waals surface area contributed by atoms with Crippen molar-refractivity contribution >= 4 is 32.9 Å². The number of hydrogen-bond acceptors (Lipinski definition) is 5. The minimum atomic E-state index is -0.701. The highest BCUT2D eigenvalue weighted by Gasteiger charge is 2.24. The number of anilines is 1. The highest BCUT2D eigenvalue weighted by atomic mass is 32.1. The van der Waals surface area contributed by atoms with Crippen LogP contribution >= 0.6 is 11.3 Å². The molecule has 7 heteroatoms. The lowest BCUT2D eigenvalue weighted by Gasteiger charge is -2.11. The molecule has 0 aliphatic rings. The monoisotopic (exact) mass is 267 g/mol. The molecule has 2 aromatic heterocycles. The van der Waals surface area contributed by atoms with Gasteiger partial charge in [-0.1, -0.05) is 13.8 Å². The number of rotatable bonds is 3. The first-order valence-corrected chi connectivity index (χ1v) is 6.35. The third-order valence-electron chi connectivity index (χ3n) is 2.61. The van der Waals surface area contributed by atoms with E-state index < -0.39 is 16.2 Å². The van der Waals surface area contributed by atoms with Crippen LogP contribution in [0.25, 0.3) is 10.2 Å². The summed E-state index contributed by atoms with van der Waals surface area (Å²) in [5.41, 5.74) is 5.21. The number of aromatic nitrogens is 1. The molecule has 2 N–H and O–H groups in total. The van der Waals surface area contributed by atoms with Crippen LogP contribution in [0.1, 0.15) is 13.8 Å². The molecule has 2 heterocycles. The Bertz CT molecular complexity index is 672. The molecule has 18 heavy (non-hydrogen) atoms. The van der Waals surface area contributed by atoms with Crippen LogP contribution in [-0.4, -0.2) is 9.49 Å². The van der Waals surface area contributed by atoms with Gasteiger partial charge in [0.15, 0.2) is 0 Å². The Morgan fingerprint density at radius 2 is 2.22 bits per heavy atom. The van der Waals surface area contributed by atoms with Gasteiger partial charge < -0.3 is 10.3 Å². The highest BCUT2D eigenvalue weighted by Crippen LogP contribution is 2.31. The Morgan fingerprint density at radius 1 is 1.56 bits per heavy atom. The number of hydrogen-bond donors (Lipinski definition) is 1. The summed E-state index contributed by atoms with van der Waals surface area (Å²) < 4.78 is 2.03. The van der Waals surface area contributed by atoms with E-state index in [9.17, 15) is 14.9 Å². The van der Waals surface area contributed by atoms with Crippen LogP contribution in [0.15, 0.2) is 16.2 Å². The highest BCUT2D eigenvalue weighted by molar-refractivity contribution is 7.17. The first-order chi connectivity index (χ1) is 8.43. The quantitative estimate of drug-likeness (QED) is 0.681. The molecule has 0 spiro atoms. The fourth-order valence-electron chi connectivity index (χ4n) is 1.90. The van der Waals surface area contributed by atoms with E-state index in [0.717, 1.165) is 0 Å². The van der Waals surface area contributed by atoms with Crippen molar-refractivity contribution in [3.05, 3.63) is 31.9 Å². The SMILES string of the molecule is CC(C)Cn1c(=O)c([N+](=O)[O-])c(N)c2sccc21. The molecule has 6 nitrogen and oxygen atoms in total. The molecule has 0 atom stereocenters. The molecule has 2 aromatic rings. The number of pyridine rings is 1. The molecular formula is C11H13N3O3S. The third kappa shape index (κ3) is 1.86. The predicted octanol–water partition coefficient (Wildman–Crippen LogP) is 2.21. The van der Waals surface area contributed by atoms with Crippen molar-refractivity contribution in [2.24, 2.45) is 5.92 Å². The van der Waals surface area contributed by atoms with E-state index >= 15 is 0 Å². The van der Waals surface area contributed by atoms with E-state index in [1.807, 2.05) is 13.8 Å². The van der Waals surface area contributed by atoms with Gasteiger partial charge in [0.2, 0.25) is 0 Å². The van der Waals surface area contributed by atoms with Crippen LogP contribution in [0.4, 0.5) is 11.4 Å². The summed E-state index contributed by atoms with van der Waals surface area (Å²) in [6.07, 6.45) is 0. The van der Waals surface area contributed by atoms with Gasteiger partial charge >= 0.3 is 11.2 Å². The lowest BCUT2D eigenvalue weighted by atomic mass is 10.2. The summed E-state index contributed by atoms with van der Waals surface area (Å²) in [6.45, 7) is 4.34. The lowest BCUT2D eigenvalue weighted by molar-refractivity contribution is -0.385. The molecule has 0 aliphatic carbocycles. The maximum Gasteiger partial charge on any atom is 0.358 e. The van der Waals surface area contributed by atoms with Gasteiger partial charge in [-0.3, -0.25) is 14.9 Å². The average Bonchev–Trinajstić information content (AvgIpc) is 2.72. The zero-order valence-corrected chi connectivity index (χ0v) is 10.9. The maximum atomic E-state index is 12.1. The number of nitro groups is 1. The molecule has 0 unspecified atom stereocenters. The molecule has 0 bridgehead atoms. The molecule has 0 fully saturated rings. The van der Waals surface area contributed by atoms with Crippen molar-refractivity contribution in [2.75, 3.05) is 5.73 Å². The Kier molecular flexibility index (Phi) is 3.08. The second-order valence-electron chi connectivity index (χ2n) is 4.46. The van der Waals surface area contributed by atoms with E-state index in [1.54, 1.807) is 11.4 Å². The molecule has 0 radical (unpaired) electrons. The van der Waals surface area contributed by atoms with E-state index in [2.05, 4.69) is 0 Å². The van der Waals surface area contributed by atoms with Gasteiger partial charge in [-0.15, -0.1) is 11.3 Å². The molecule has 0 aromatic carbocycles. The number of fused-ring (bicyclic) bond motifs is 1. The van der Waals surface area contributed by atoms with E-state index in [0.29, 0.717) is 16.8 Å². The Labute approximate surface area is 107 Å². The summed E-state index contributed by atoms with van der Waals surface area (Å²) in [7, 11) is 0. The summed E-state index contributed by atoms with van der Waals surface area (Å²) >= 11 is 1.31. The van der Waals surface area contributed by atoms with Crippen LogP contribution in [-0.2, 0) is 6.54 Å². The van der Waals surface area contributed by atoms with Gasteiger partial charge in [0.05, 0.1) is 15.1 Å². The van der Waals surface area contributed by atoms with Gasteiger partial charge in [-0.05, 0) is 17.4 Å². The number of thiophene rings is 1. The van der Waals surface area contributed by atoms with Gasteiger partial charge in [0.1, 0.15) is 5.69 Å². The summed E-state index contributed by atoms with van der Waals surface area (Å²) in [4.78, 5) is 22.4. The van der Waals surface area contributed by atoms with Crippen LogP contribution in [0.2, 0.25) is 0 Å². The van der Waals surface area contributed by atoms with Crippen LogP contribution in [0.3, 0.4) is 0 Å². The molecule has 0 aliphatic heterocycles.